The van der Waals surface area contributed by atoms with Gasteiger partial charge in [0.25, 0.3) is 0 Å². The lowest BCUT2D eigenvalue weighted by Gasteiger charge is -2.24. The molecule has 104 valence electrons. The molecule has 2 nitrogen and oxygen atoms in total. The summed E-state index contributed by atoms with van der Waals surface area (Å²) in [6.07, 6.45) is 3.84. The van der Waals surface area contributed by atoms with Gasteiger partial charge in [0.15, 0.2) is 0 Å². The average molecular weight is 276 g/mol. The zero-order valence-electron chi connectivity index (χ0n) is 12.1. The molecular formula is C16H24N2S. The minimum Gasteiger partial charge on any atom is -0.389 e. The number of hydrogen-bond donors (Lipinski definition) is 2. The van der Waals surface area contributed by atoms with Crippen LogP contribution in [0.2, 0.25) is 0 Å². The van der Waals surface area contributed by atoms with Crippen molar-refractivity contribution < 1.29 is 0 Å². The Morgan fingerprint density at radius 1 is 1.42 bits per heavy atom. The summed E-state index contributed by atoms with van der Waals surface area (Å²) in [5.41, 5.74) is 9.16. The van der Waals surface area contributed by atoms with Crippen LogP contribution in [-0.2, 0) is 0 Å². The number of nitrogens with two attached hydrogens (primary N) is 1. The Kier molecular flexibility index (Phi) is 4.46. The Morgan fingerprint density at radius 2 is 2.16 bits per heavy atom. The number of hydrogen-bond acceptors (Lipinski definition) is 2. The highest BCUT2D eigenvalue weighted by Gasteiger charge is 2.31. The fourth-order valence-electron chi connectivity index (χ4n) is 3.28. The molecule has 0 amide bonds. The second-order valence-electron chi connectivity index (χ2n) is 5.72. The quantitative estimate of drug-likeness (QED) is 0.820. The van der Waals surface area contributed by atoms with E-state index in [1.165, 1.54) is 24.8 Å². The zero-order valence-corrected chi connectivity index (χ0v) is 12.9. The largest absolute Gasteiger partial charge is 0.389 e. The molecule has 1 saturated carbocycles. The van der Waals surface area contributed by atoms with Gasteiger partial charge in [0.1, 0.15) is 4.99 Å². The van der Waals surface area contributed by atoms with Crippen molar-refractivity contribution in [3.05, 3.63) is 29.3 Å². The number of thiocarbonyl (C=S) groups is 1. The molecule has 19 heavy (non-hydrogen) atoms. The fourth-order valence-corrected chi connectivity index (χ4v) is 3.45. The highest BCUT2D eigenvalue weighted by molar-refractivity contribution is 7.80. The molecule has 0 bridgehead atoms. The van der Waals surface area contributed by atoms with Crippen LogP contribution < -0.4 is 11.1 Å². The second-order valence-corrected chi connectivity index (χ2v) is 6.16. The van der Waals surface area contributed by atoms with E-state index < -0.39 is 0 Å². The van der Waals surface area contributed by atoms with Crippen LogP contribution in [0.25, 0.3) is 0 Å². The molecule has 0 heterocycles. The number of anilines is 1. The van der Waals surface area contributed by atoms with Gasteiger partial charge in [-0.2, -0.15) is 0 Å². The maximum atomic E-state index is 5.84. The van der Waals surface area contributed by atoms with Crippen LogP contribution in [0.5, 0.6) is 0 Å². The van der Waals surface area contributed by atoms with Crippen LogP contribution >= 0.6 is 12.2 Å². The Morgan fingerprint density at radius 3 is 2.74 bits per heavy atom. The molecular weight excluding hydrogens is 252 g/mol. The summed E-state index contributed by atoms with van der Waals surface area (Å²) in [5, 5.41) is 3.71. The average Bonchev–Trinajstić information content (AvgIpc) is 2.72. The second kappa shape index (κ2) is 5.91. The standard InChI is InChI=1S/C16H24N2S/c1-4-12-8-9-14(11(12)3)18-15-10(2)6-5-7-13(15)16(17)19/h5-7,11-12,14,18H,4,8-9H2,1-3H3,(H2,17,19). The van der Waals surface area contributed by atoms with E-state index in [0.29, 0.717) is 16.9 Å². The van der Waals surface area contributed by atoms with E-state index in [0.717, 1.165) is 17.2 Å². The van der Waals surface area contributed by atoms with Crippen molar-refractivity contribution in [2.75, 3.05) is 5.32 Å². The minimum atomic E-state index is 0.476. The van der Waals surface area contributed by atoms with Crippen molar-refractivity contribution >= 4 is 22.9 Å². The highest BCUT2D eigenvalue weighted by atomic mass is 32.1. The lowest BCUT2D eigenvalue weighted by Crippen LogP contribution is -2.26. The number of aryl methyl sites for hydroxylation is 1. The number of nitrogens with one attached hydrogen (secondary N) is 1. The lowest BCUT2D eigenvalue weighted by molar-refractivity contribution is 0.392. The molecule has 3 N–H and O–H groups in total. The normalized spacial score (nSPS) is 26.4. The van der Waals surface area contributed by atoms with Crippen LogP contribution in [-0.4, -0.2) is 11.0 Å². The van der Waals surface area contributed by atoms with Crippen molar-refractivity contribution in [3.63, 3.8) is 0 Å². The molecule has 0 aromatic heterocycles. The summed E-state index contributed by atoms with van der Waals surface area (Å²) in [6, 6.07) is 6.68. The van der Waals surface area contributed by atoms with E-state index in [2.05, 4.69) is 32.2 Å². The Bertz CT molecular complexity index is 470. The van der Waals surface area contributed by atoms with E-state index in [-0.39, 0.29) is 0 Å². The number of rotatable bonds is 4. The summed E-state index contributed by atoms with van der Waals surface area (Å²) in [6.45, 7) is 6.76. The van der Waals surface area contributed by atoms with Gasteiger partial charge < -0.3 is 11.1 Å². The van der Waals surface area contributed by atoms with Gasteiger partial charge >= 0.3 is 0 Å². The first-order valence-corrected chi connectivity index (χ1v) is 7.61. The van der Waals surface area contributed by atoms with Crippen LogP contribution in [0, 0.1) is 18.8 Å². The molecule has 3 atom stereocenters. The maximum Gasteiger partial charge on any atom is 0.106 e. The molecule has 2 rings (SSSR count). The SMILES string of the molecule is CCC1CCC(Nc2c(C)cccc2C(N)=S)C1C. The van der Waals surface area contributed by atoms with Gasteiger partial charge in [-0.1, -0.05) is 44.6 Å². The maximum absolute atomic E-state index is 5.84. The van der Waals surface area contributed by atoms with Gasteiger partial charge in [0.2, 0.25) is 0 Å². The van der Waals surface area contributed by atoms with Crippen molar-refractivity contribution in [1.82, 2.24) is 0 Å². The first kappa shape index (κ1) is 14.3. The molecule has 0 aliphatic heterocycles. The summed E-state index contributed by atoms with van der Waals surface area (Å²) in [5.74, 6) is 1.55. The summed E-state index contributed by atoms with van der Waals surface area (Å²) < 4.78 is 0. The van der Waals surface area contributed by atoms with Crippen LogP contribution in [0.4, 0.5) is 5.69 Å². The van der Waals surface area contributed by atoms with Crippen molar-refractivity contribution in [2.24, 2.45) is 17.6 Å². The third kappa shape index (κ3) is 2.92. The van der Waals surface area contributed by atoms with Crippen LogP contribution in [0.15, 0.2) is 18.2 Å². The molecule has 0 saturated heterocycles. The van der Waals surface area contributed by atoms with Gasteiger partial charge in [-0.25, -0.2) is 0 Å². The molecule has 3 unspecified atom stereocenters. The summed E-state index contributed by atoms with van der Waals surface area (Å²) >= 11 is 5.16. The molecule has 1 aliphatic rings. The third-order valence-electron chi connectivity index (χ3n) is 4.62. The number of benzene rings is 1. The lowest BCUT2D eigenvalue weighted by atomic mass is 9.93. The molecule has 0 spiro atoms. The molecule has 0 radical (unpaired) electrons. The summed E-state index contributed by atoms with van der Waals surface area (Å²) in [7, 11) is 0. The first-order chi connectivity index (χ1) is 9.04. The van der Waals surface area contributed by atoms with Crippen LogP contribution in [0.3, 0.4) is 0 Å². The van der Waals surface area contributed by atoms with Crippen molar-refractivity contribution in [1.29, 1.82) is 0 Å². The first-order valence-electron chi connectivity index (χ1n) is 7.20. The monoisotopic (exact) mass is 276 g/mol. The molecule has 1 aliphatic carbocycles. The van der Waals surface area contributed by atoms with E-state index in [4.69, 9.17) is 18.0 Å². The van der Waals surface area contributed by atoms with Crippen molar-refractivity contribution in [2.45, 2.75) is 46.1 Å². The van der Waals surface area contributed by atoms with Gasteiger partial charge in [-0.3, -0.25) is 0 Å². The van der Waals surface area contributed by atoms with Gasteiger partial charge in [-0.15, -0.1) is 0 Å². The Hall–Kier alpha value is -1.09. The smallest absolute Gasteiger partial charge is 0.106 e. The molecule has 1 aromatic rings. The minimum absolute atomic E-state index is 0.476. The van der Waals surface area contributed by atoms with Crippen molar-refractivity contribution in [3.8, 4) is 0 Å². The predicted molar refractivity (Wildman–Crippen MR) is 86.7 cm³/mol. The highest BCUT2D eigenvalue weighted by Crippen LogP contribution is 2.36. The Balaban J connectivity index is 2.22. The van der Waals surface area contributed by atoms with Gasteiger partial charge in [0.05, 0.1) is 0 Å². The van der Waals surface area contributed by atoms with Gasteiger partial charge in [0, 0.05) is 17.3 Å². The summed E-state index contributed by atoms with van der Waals surface area (Å²) in [4.78, 5) is 0.476. The van der Waals surface area contributed by atoms with E-state index in [1.54, 1.807) is 0 Å². The van der Waals surface area contributed by atoms with Crippen LogP contribution in [0.1, 0.15) is 44.2 Å². The number of para-hydroxylation sites is 1. The predicted octanol–water partition coefficient (Wildman–Crippen LogP) is 3.87. The van der Waals surface area contributed by atoms with E-state index in [1.807, 2.05) is 12.1 Å². The molecule has 3 heteroatoms. The molecule has 1 fully saturated rings. The van der Waals surface area contributed by atoms with E-state index in [9.17, 15) is 0 Å². The van der Waals surface area contributed by atoms with Gasteiger partial charge in [-0.05, 0) is 43.2 Å². The third-order valence-corrected chi connectivity index (χ3v) is 4.84. The topological polar surface area (TPSA) is 38.0 Å². The fraction of sp³-hybridized carbons (Fsp3) is 0.562. The van der Waals surface area contributed by atoms with E-state index >= 15 is 0 Å². The zero-order chi connectivity index (χ0) is 14.0. The Labute approximate surface area is 121 Å². The molecule has 1 aromatic carbocycles.